The van der Waals surface area contributed by atoms with Crippen LogP contribution in [0.4, 0.5) is 11.9 Å². The molecule has 10 heteroatoms. The fourth-order valence-electron chi connectivity index (χ4n) is 3.21. The van der Waals surface area contributed by atoms with E-state index in [2.05, 4.69) is 38.3 Å². The van der Waals surface area contributed by atoms with Crippen LogP contribution in [0, 0.1) is 0 Å². The molecule has 0 radical (unpaired) electrons. The average Bonchev–Trinajstić information content (AvgIpc) is 3.17. The Hall–Kier alpha value is -3.01. The van der Waals surface area contributed by atoms with Crippen LogP contribution >= 0.6 is 0 Å². The summed E-state index contributed by atoms with van der Waals surface area (Å²) in [4.78, 5) is 24.7. The van der Waals surface area contributed by atoms with E-state index in [4.69, 9.17) is 25.2 Å². The molecule has 0 amide bonds. The van der Waals surface area contributed by atoms with Gasteiger partial charge in [-0.1, -0.05) is 6.92 Å². The lowest BCUT2D eigenvalue weighted by Crippen LogP contribution is -2.37. The van der Waals surface area contributed by atoms with Crippen LogP contribution in [0.2, 0.25) is 0 Å². The molecule has 4 rings (SSSR count). The summed E-state index contributed by atoms with van der Waals surface area (Å²) in [6.45, 7) is 7.05. The zero-order valence-electron chi connectivity index (χ0n) is 16.3. The standard InChI is InChI=1S/C18H24N8O2/c1-4-11(2)26-10-21-14-13(12-9-20-17(19)24-16(12)27-3)22-18(23-15(14)26)25-5-7-28-8-6-25/h9-11H,4-8H2,1-3H3,(H2,19,20,24). The molecule has 1 unspecified atom stereocenters. The van der Waals surface area contributed by atoms with E-state index in [-0.39, 0.29) is 12.0 Å². The molecule has 0 aliphatic carbocycles. The van der Waals surface area contributed by atoms with Crippen molar-refractivity contribution in [2.75, 3.05) is 44.0 Å². The van der Waals surface area contributed by atoms with Crippen molar-refractivity contribution in [3.8, 4) is 17.1 Å². The topological polar surface area (TPSA) is 117 Å². The summed E-state index contributed by atoms with van der Waals surface area (Å²) in [5.41, 5.74) is 8.45. The number of morpholine rings is 1. The predicted molar refractivity (Wildman–Crippen MR) is 105 cm³/mol. The number of rotatable bonds is 5. The largest absolute Gasteiger partial charge is 0.480 e. The van der Waals surface area contributed by atoms with E-state index in [1.54, 1.807) is 13.3 Å². The molecule has 1 fully saturated rings. The number of methoxy groups -OCH3 is 1. The number of fused-ring (bicyclic) bond motifs is 1. The normalized spacial score (nSPS) is 15.8. The van der Waals surface area contributed by atoms with Crippen molar-refractivity contribution in [3.05, 3.63) is 12.5 Å². The molecule has 0 bridgehead atoms. The van der Waals surface area contributed by atoms with Crippen LogP contribution in [0.5, 0.6) is 5.88 Å². The number of hydrogen-bond acceptors (Lipinski definition) is 9. The number of nitrogens with two attached hydrogens (primary N) is 1. The minimum atomic E-state index is 0.143. The highest BCUT2D eigenvalue weighted by atomic mass is 16.5. The zero-order chi connectivity index (χ0) is 19.7. The Kier molecular flexibility index (Phi) is 4.95. The highest BCUT2D eigenvalue weighted by Gasteiger charge is 2.23. The van der Waals surface area contributed by atoms with E-state index in [9.17, 15) is 0 Å². The average molecular weight is 384 g/mol. The van der Waals surface area contributed by atoms with Gasteiger partial charge in [-0.15, -0.1) is 0 Å². The monoisotopic (exact) mass is 384 g/mol. The summed E-state index contributed by atoms with van der Waals surface area (Å²) >= 11 is 0. The summed E-state index contributed by atoms with van der Waals surface area (Å²) in [6.07, 6.45) is 4.39. The quantitative estimate of drug-likeness (QED) is 0.701. The maximum Gasteiger partial charge on any atom is 0.228 e. The Morgan fingerprint density at radius 2 is 2.00 bits per heavy atom. The molecule has 10 nitrogen and oxygen atoms in total. The molecule has 0 saturated carbocycles. The van der Waals surface area contributed by atoms with Crippen LogP contribution in [0.25, 0.3) is 22.4 Å². The Morgan fingerprint density at radius 3 is 2.71 bits per heavy atom. The number of hydrogen-bond donors (Lipinski definition) is 1. The minimum Gasteiger partial charge on any atom is -0.480 e. The van der Waals surface area contributed by atoms with Crippen LogP contribution in [0.1, 0.15) is 26.3 Å². The SMILES string of the molecule is CCC(C)n1cnc2c(-c3cnc(N)nc3OC)nc(N3CCOCC3)nc21. The molecular formula is C18H24N8O2. The van der Waals surface area contributed by atoms with Crippen molar-refractivity contribution in [3.63, 3.8) is 0 Å². The van der Waals surface area contributed by atoms with Crippen LogP contribution in [-0.4, -0.2) is 62.9 Å². The van der Waals surface area contributed by atoms with E-state index in [0.717, 1.165) is 25.2 Å². The van der Waals surface area contributed by atoms with Crippen LogP contribution in [0.15, 0.2) is 12.5 Å². The number of anilines is 2. The number of imidazole rings is 1. The Labute approximate surface area is 162 Å². The lowest BCUT2D eigenvalue weighted by molar-refractivity contribution is 0.122. The fraction of sp³-hybridized carbons (Fsp3) is 0.500. The summed E-state index contributed by atoms with van der Waals surface area (Å²) < 4.78 is 13.0. The van der Waals surface area contributed by atoms with Gasteiger partial charge >= 0.3 is 0 Å². The molecule has 4 heterocycles. The molecular weight excluding hydrogens is 360 g/mol. The van der Waals surface area contributed by atoms with E-state index in [1.165, 1.54) is 0 Å². The fourth-order valence-corrected chi connectivity index (χ4v) is 3.21. The lowest BCUT2D eigenvalue weighted by Gasteiger charge is -2.27. The van der Waals surface area contributed by atoms with E-state index < -0.39 is 0 Å². The van der Waals surface area contributed by atoms with Crippen molar-refractivity contribution < 1.29 is 9.47 Å². The third kappa shape index (κ3) is 3.19. The molecule has 3 aromatic rings. The Balaban J connectivity index is 1.95. The van der Waals surface area contributed by atoms with Gasteiger partial charge in [-0.05, 0) is 13.3 Å². The van der Waals surface area contributed by atoms with Gasteiger partial charge in [-0.2, -0.15) is 9.97 Å². The van der Waals surface area contributed by atoms with Crippen molar-refractivity contribution in [2.24, 2.45) is 0 Å². The second-order valence-electron chi connectivity index (χ2n) is 6.70. The molecule has 3 aromatic heterocycles. The number of nitrogen functional groups attached to an aromatic ring is 1. The molecule has 28 heavy (non-hydrogen) atoms. The first-order valence-corrected chi connectivity index (χ1v) is 9.36. The summed E-state index contributed by atoms with van der Waals surface area (Å²) in [5.74, 6) is 1.14. The maximum absolute atomic E-state index is 5.73. The van der Waals surface area contributed by atoms with Crippen molar-refractivity contribution >= 4 is 23.1 Å². The molecule has 2 N–H and O–H groups in total. The van der Waals surface area contributed by atoms with Gasteiger partial charge in [0.1, 0.15) is 11.2 Å². The number of ether oxygens (including phenoxy) is 2. The molecule has 1 saturated heterocycles. The first-order valence-electron chi connectivity index (χ1n) is 9.36. The summed E-state index contributed by atoms with van der Waals surface area (Å²) in [6, 6.07) is 0.259. The third-order valence-electron chi connectivity index (χ3n) is 4.99. The Morgan fingerprint density at radius 1 is 1.21 bits per heavy atom. The van der Waals surface area contributed by atoms with Gasteiger partial charge in [0.2, 0.25) is 17.8 Å². The zero-order valence-corrected chi connectivity index (χ0v) is 16.3. The van der Waals surface area contributed by atoms with Crippen molar-refractivity contribution in [1.29, 1.82) is 0 Å². The van der Waals surface area contributed by atoms with Crippen molar-refractivity contribution in [2.45, 2.75) is 26.3 Å². The predicted octanol–water partition coefficient (Wildman–Crippen LogP) is 1.68. The first-order chi connectivity index (χ1) is 13.6. The van der Waals surface area contributed by atoms with Gasteiger partial charge in [0, 0.05) is 25.3 Å². The van der Waals surface area contributed by atoms with Gasteiger partial charge in [-0.25, -0.2) is 15.0 Å². The summed E-state index contributed by atoms with van der Waals surface area (Å²) in [5, 5.41) is 0. The van der Waals surface area contributed by atoms with E-state index in [1.807, 2.05) is 6.33 Å². The highest BCUT2D eigenvalue weighted by Crippen LogP contribution is 2.33. The third-order valence-corrected chi connectivity index (χ3v) is 4.99. The second kappa shape index (κ2) is 7.55. The smallest absolute Gasteiger partial charge is 0.228 e. The van der Waals surface area contributed by atoms with E-state index >= 15 is 0 Å². The van der Waals surface area contributed by atoms with E-state index in [0.29, 0.717) is 41.8 Å². The number of aromatic nitrogens is 6. The van der Waals surface area contributed by atoms with Crippen LogP contribution in [-0.2, 0) is 4.74 Å². The molecule has 148 valence electrons. The first kappa shape index (κ1) is 18.4. The maximum atomic E-state index is 5.73. The van der Waals surface area contributed by atoms with Gasteiger partial charge in [0.15, 0.2) is 5.65 Å². The number of nitrogens with zero attached hydrogens (tertiary/aromatic N) is 7. The molecule has 1 atom stereocenters. The molecule has 1 aliphatic heterocycles. The van der Waals surface area contributed by atoms with Gasteiger partial charge < -0.3 is 24.7 Å². The van der Waals surface area contributed by atoms with Crippen molar-refractivity contribution in [1.82, 2.24) is 29.5 Å². The summed E-state index contributed by atoms with van der Waals surface area (Å²) in [7, 11) is 1.55. The molecule has 1 aliphatic rings. The second-order valence-corrected chi connectivity index (χ2v) is 6.70. The minimum absolute atomic E-state index is 0.143. The lowest BCUT2D eigenvalue weighted by atomic mass is 10.2. The Bertz CT molecular complexity index is 983. The molecule has 0 spiro atoms. The van der Waals surface area contributed by atoms with Gasteiger partial charge in [0.05, 0.1) is 32.2 Å². The van der Waals surface area contributed by atoms with Crippen LogP contribution < -0.4 is 15.4 Å². The van der Waals surface area contributed by atoms with Gasteiger partial charge in [-0.3, -0.25) is 0 Å². The van der Waals surface area contributed by atoms with Crippen LogP contribution in [0.3, 0.4) is 0 Å². The molecule has 0 aromatic carbocycles. The van der Waals surface area contributed by atoms with Gasteiger partial charge in [0.25, 0.3) is 0 Å². The highest BCUT2D eigenvalue weighted by molar-refractivity contribution is 5.90.